The van der Waals surface area contributed by atoms with Crippen LogP contribution in [0.25, 0.3) is 11.0 Å². The van der Waals surface area contributed by atoms with E-state index in [9.17, 15) is 13.2 Å². The Morgan fingerprint density at radius 1 is 1.26 bits per heavy atom. The summed E-state index contributed by atoms with van der Waals surface area (Å²) in [5, 5.41) is 0.731. The summed E-state index contributed by atoms with van der Waals surface area (Å²) in [6.07, 6.45) is 4.76. The Hall–Kier alpha value is -1.54. The van der Waals surface area contributed by atoms with Crippen molar-refractivity contribution in [3.05, 3.63) is 23.8 Å². The molecule has 1 aliphatic heterocycles. The van der Waals surface area contributed by atoms with Crippen molar-refractivity contribution in [2.75, 3.05) is 17.3 Å². The smallest absolute Gasteiger partial charge is 0.233 e. The molecule has 2 fully saturated rings. The van der Waals surface area contributed by atoms with Gasteiger partial charge in [0.2, 0.25) is 5.91 Å². The van der Waals surface area contributed by atoms with E-state index < -0.39 is 9.84 Å². The van der Waals surface area contributed by atoms with E-state index in [1.54, 1.807) is 0 Å². The number of H-pyrrole nitrogens is 1. The number of aromatic amines is 1. The van der Waals surface area contributed by atoms with E-state index >= 15 is 0 Å². The van der Waals surface area contributed by atoms with Gasteiger partial charge in [-0.15, -0.1) is 0 Å². The molecule has 0 spiro atoms. The monoisotopic (exact) mass is 407 g/mol. The number of nitrogens with one attached hydrogen (secondary N) is 1. The van der Waals surface area contributed by atoms with E-state index in [1.807, 2.05) is 30.0 Å². The van der Waals surface area contributed by atoms with E-state index in [0.717, 1.165) is 47.4 Å². The van der Waals surface area contributed by atoms with E-state index in [2.05, 4.69) is 9.97 Å². The minimum Gasteiger partial charge on any atom is -0.335 e. The minimum absolute atomic E-state index is 0.0330. The molecule has 2 aromatic rings. The number of imidazole rings is 1. The molecule has 6 nitrogen and oxygen atoms in total. The van der Waals surface area contributed by atoms with Gasteiger partial charge in [0.05, 0.1) is 28.3 Å². The van der Waals surface area contributed by atoms with Gasteiger partial charge in [0.15, 0.2) is 15.0 Å². The van der Waals surface area contributed by atoms with Gasteiger partial charge in [-0.25, -0.2) is 13.4 Å². The molecule has 1 aromatic carbocycles. The van der Waals surface area contributed by atoms with Crippen molar-refractivity contribution in [1.29, 1.82) is 0 Å². The molecule has 2 heterocycles. The van der Waals surface area contributed by atoms with Gasteiger partial charge in [0.25, 0.3) is 0 Å². The lowest BCUT2D eigenvalue weighted by atomic mass is 10.1. The number of aryl methyl sites for hydroxylation is 1. The molecule has 1 atom stereocenters. The fraction of sp³-hybridized carbons (Fsp3) is 0.579. The topological polar surface area (TPSA) is 83.1 Å². The van der Waals surface area contributed by atoms with Gasteiger partial charge in [-0.1, -0.05) is 30.7 Å². The van der Waals surface area contributed by atoms with Gasteiger partial charge in [0.1, 0.15) is 0 Å². The number of rotatable bonds is 5. The largest absolute Gasteiger partial charge is 0.335 e. The molecule has 2 aliphatic rings. The predicted octanol–water partition coefficient (Wildman–Crippen LogP) is 2.92. The Bertz CT molecular complexity index is 948. The summed E-state index contributed by atoms with van der Waals surface area (Å²) in [5.41, 5.74) is 3.03. The lowest BCUT2D eigenvalue weighted by molar-refractivity contribution is -0.132. The number of hydrogen-bond donors (Lipinski definition) is 1. The first-order valence-corrected chi connectivity index (χ1v) is 12.3. The molecule has 27 heavy (non-hydrogen) atoms. The van der Waals surface area contributed by atoms with Gasteiger partial charge in [0, 0.05) is 12.1 Å². The van der Waals surface area contributed by atoms with Crippen molar-refractivity contribution in [1.82, 2.24) is 14.9 Å². The molecule has 4 rings (SSSR count). The summed E-state index contributed by atoms with van der Waals surface area (Å²) in [5.74, 6) is 0.630. The van der Waals surface area contributed by atoms with Gasteiger partial charge < -0.3 is 9.88 Å². The first-order chi connectivity index (χ1) is 12.9. The third-order valence-electron chi connectivity index (χ3n) is 5.56. The Morgan fingerprint density at radius 2 is 2.04 bits per heavy atom. The van der Waals surface area contributed by atoms with Crippen molar-refractivity contribution >= 4 is 38.5 Å². The standard InChI is InChI=1S/C19H25N3O3S2/c1-13-6-7-16-17(10-13)21-19(20-16)26-11-18(23)22(14-4-2-3-5-14)15-8-9-27(24,25)12-15/h6-7,10,14-15H,2-5,8-9,11-12H2,1H3,(H,20,21). The summed E-state index contributed by atoms with van der Waals surface area (Å²) in [4.78, 5) is 22.8. The first-order valence-electron chi connectivity index (χ1n) is 9.52. The van der Waals surface area contributed by atoms with Crippen LogP contribution in [-0.2, 0) is 14.6 Å². The zero-order valence-corrected chi connectivity index (χ0v) is 17.1. The summed E-state index contributed by atoms with van der Waals surface area (Å²) in [6, 6.07) is 6.06. The molecular formula is C19H25N3O3S2. The van der Waals surface area contributed by atoms with Crippen molar-refractivity contribution in [3.63, 3.8) is 0 Å². The van der Waals surface area contributed by atoms with E-state index in [-0.39, 0.29) is 35.2 Å². The summed E-state index contributed by atoms with van der Waals surface area (Å²) in [7, 11) is -3.01. The van der Waals surface area contributed by atoms with Gasteiger partial charge >= 0.3 is 0 Å². The molecule has 1 N–H and O–H groups in total. The maximum absolute atomic E-state index is 13.0. The second kappa shape index (κ2) is 7.47. The molecule has 1 saturated carbocycles. The second-order valence-corrected chi connectivity index (χ2v) is 10.8. The minimum atomic E-state index is -3.01. The molecule has 8 heteroatoms. The van der Waals surface area contributed by atoms with Crippen LogP contribution in [0.4, 0.5) is 0 Å². The van der Waals surface area contributed by atoms with Gasteiger partial charge in [-0.3, -0.25) is 4.79 Å². The number of nitrogens with zero attached hydrogens (tertiary/aromatic N) is 2. The molecule has 146 valence electrons. The van der Waals surface area contributed by atoms with E-state index in [0.29, 0.717) is 6.42 Å². The number of sulfone groups is 1. The van der Waals surface area contributed by atoms with Crippen LogP contribution < -0.4 is 0 Å². The van der Waals surface area contributed by atoms with Crippen molar-refractivity contribution < 1.29 is 13.2 Å². The highest BCUT2D eigenvalue weighted by Crippen LogP contribution is 2.30. The van der Waals surface area contributed by atoms with Crippen LogP contribution in [0, 0.1) is 6.92 Å². The Labute approximate surface area is 164 Å². The maximum Gasteiger partial charge on any atom is 0.233 e. The molecule has 1 amide bonds. The van der Waals surface area contributed by atoms with E-state index in [4.69, 9.17) is 0 Å². The van der Waals surface area contributed by atoms with Crippen LogP contribution in [0.1, 0.15) is 37.7 Å². The Balaban J connectivity index is 1.47. The van der Waals surface area contributed by atoms with Crippen LogP contribution in [-0.4, -0.2) is 58.5 Å². The maximum atomic E-state index is 13.0. The number of thioether (sulfide) groups is 1. The molecule has 1 aliphatic carbocycles. The Morgan fingerprint density at radius 3 is 2.74 bits per heavy atom. The molecular weight excluding hydrogens is 382 g/mol. The average molecular weight is 408 g/mol. The summed E-state index contributed by atoms with van der Waals surface area (Å²) < 4.78 is 23.9. The fourth-order valence-corrected chi connectivity index (χ4v) is 6.72. The van der Waals surface area contributed by atoms with Crippen LogP contribution in [0.2, 0.25) is 0 Å². The van der Waals surface area contributed by atoms with E-state index in [1.165, 1.54) is 11.8 Å². The molecule has 1 saturated heterocycles. The van der Waals surface area contributed by atoms with Crippen molar-refractivity contribution in [2.45, 2.75) is 56.3 Å². The van der Waals surface area contributed by atoms with Crippen LogP contribution in [0.15, 0.2) is 23.4 Å². The summed E-state index contributed by atoms with van der Waals surface area (Å²) >= 11 is 1.40. The normalized spacial score (nSPS) is 22.5. The SMILES string of the molecule is Cc1ccc2nc(SCC(=O)N(C3CCCC3)C3CCS(=O)(=O)C3)[nH]c2c1. The van der Waals surface area contributed by atoms with Crippen LogP contribution >= 0.6 is 11.8 Å². The van der Waals surface area contributed by atoms with Gasteiger partial charge in [-0.05, 0) is 43.9 Å². The number of carbonyl (C=O) groups is 1. The zero-order valence-electron chi connectivity index (χ0n) is 15.5. The fourth-order valence-electron chi connectivity index (χ4n) is 4.26. The number of benzene rings is 1. The first kappa shape index (κ1) is 18.8. The predicted molar refractivity (Wildman–Crippen MR) is 108 cm³/mol. The highest BCUT2D eigenvalue weighted by Gasteiger charge is 2.38. The molecule has 1 aromatic heterocycles. The lowest BCUT2D eigenvalue weighted by Crippen LogP contribution is -2.47. The second-order valence-electron chi connectivity index (χ2n) is 7.65. The van der Waals surface area contributed by atoms with Crippen LogP contribution in [0.3, 0.4) is 0 Å². The van der Waals surface area contributed by atoms with Crippen molar-refractivity contribution in [2.24, 2.45) is 0 Å². The number of fused-ring (bicyclic) bond motifs is 1. The number of amides is 1. The number of carbonyl (C=O) groups excluding carboxylic acids is 1. The number of aromatic nitrogens is 2. The highest BCUT2D eigenvalue weighted by molar-refractivity contribution is 7.99. The number of hydrogen-bond acceptors (Lipinski definition) is 5. The quantitative estimate of drug-likeness (QED) is 0.771. The Kier molecular flexibility index (Phi) is 5.20. The lowest BCUT2D eigenvalue weighted by Gasteiger charge is -2.34. The molecule has 1 unspecified atom stereocenters. The van der Waals surface area contributed by atoms with Gasteiger partial charge in [-0.2, -0.15) is 0 Å². The highest BCUT2D eigenvalue weighted by atomic mass is 32.2. The van der Waals surface area contributed by atoms with Crippen LogP contribution in [0.5, 0.6) is 0 Å². The van der Waals surface area contributed by atoms with Crippen molar-refractivity contribution in [3.8, 4) is 0 Å². The molecule has 0 radical (unpaired) electrons. The third-order valence-corrected chi connectivity index (χ3v) is 8.16. The third kappa shape index (κ3) is 4.16. The average Bonchev–Trinajstić information content (AvgIpc) is 3.33. The zero-order chi connectivity index (χ0) is 19.0. The molecule has 0 bridgehead atoms. The summed E-state index contributed by atoms with van der Waals surface area (Å²) in [6.45, 7) is 2.03.